The summed E-state index contributed by atoms with van der Waals surface area (Å²) < 4.78 is 33.1. The predicted octanol–water partition coefficient (Wildman–Crippen LogP) is 2.81. The van der Waals surface area contributed by atoms with Crippen LogP contribution in [0.1, 0.15) is 28.5 Å². The highest BCUT2D eigenvalue weighted by atomic mass is 19.1. The number of benzene rings is 2. The molecule has 2 aromatic carbocycles. The van der Waals surface area contributed by atoms with E-state index in [-0.39, 0.29) is 11.4 Å². The van der Waals surface area contributed by atoms with Crippen molar-refractivity contribution in [1.82, 2.24) is 15.1 Å². The van der Waals surface area contributed by atoms with Gasteiger partial charge in [0.05, 0.1) is 19.6 Å². The number of nitrogens with zero attached hydrogens (tertiary/aromatic N) is 2. The molecule has 8 nitrogen and oxygen atoms in total. The number of hydrogen-bond acceptors (Lipinski definition) is 5. The van der Waals surface area contributed by atoms with Gasteiger partial charge in [-0.25, -0.2) is 8.78 Å². The molecule has 3 rings (SSSR count). The number of hydrogen-bond donors (Lipinski definition) is 3. The molecule has 1 aromatic heterocycles. The molecular weight excluding hydrogens is 400 g/mol. The van der Waals surface area contributed by atoms with Gasteiger partial charge < -0.3 is 20.3 Å². The lowest BCUT2D eigenvalue weighted by molar-refractivity contribution is -0.137. The van der Waals surface area contributed by atoms with Crippen molar-refractivity contribution in [3.63, 3.8) is 0 Å². The second-order valence-corrected chi connectivity index (χ2v) is 6.26. The molecule has 0 saturated heterocycles. The number of carbonyl (C=O) groups excluding carboxylic acids is 1. The minimum atomic E-state index is -1.16. The molecule has 0 saturated carbocycles. The van der Waals surface area contributed by atoms with Crippen LogP contribution in [-0.4, -0.2) is 39.0 Å². The Morgan fingerprint density at radius 3 is 2.60 bits per heavy atom. The van der Waals surface area contributed by atoms with Gasteiger partial charge in [0, 0.05) is 17.7 Å². The lowest BCUT2D eigenvalue weighted by atomic mass is 10.0. The van der Waals surface area contributed by atoms with Crippen molar-refractivity contribution in [2.24, 2.45) is 0 Å². The molecule has 10 heteroatoms. The van der Waals surface area contributed by atoms with Gasteiger partial charge in [-0.1, -0.05) is 18.2 Å². The van der Waals surface area contributed by atoms with Crippen LogP contribution in [0.5, 0.6) is 11.6 Å². The fourth-order valence-corrected chi connectivity index (χ4v) is 2.91. The minimum absolute atomic E-state index is 0.264. The summed E-state index contributed by atoms with van der Waals surface area (Å²) in [7, 11) is 1.41. The summed E-state index contributed by atoms with van der Waals surface area (Å²) in [6.07, 6.45) is -0.439. The van der Waals surface area contributed by atoms with Gasteiger partial charge in [0.2, 0.25) is 5.88 Å². The average Bonchev–Trinajstić information content (AvgIpc) is 3.08. The van der Waals surface area contributed by atoms with Crippen LogP contribution in [0.25, 0.3) is 5.69 Å². The number of methoxy groups -OCH3 is 1. The normalized spacial score (nSPS) is 11.7. The summed E-state index contributed by atoms with van der Waals surface area (Å²) in [6.45, 7) is 0. The molecule has 0 unspecified atom stereocenters. The van der Waals surface area contributed by atoms with E-state index in [0.29, 0.717) is 17.4 Å². The third-order valence-electron chi connectivity index (χ3n) is 4.26. The summed E-state index contributed by atoms with van der Waals surface area (Å²) in [4.78, 5) is 23.9. The van der Waals surface area contributed by atoms with E-state index >= 15 is 0 Å². The van der Waals surface area contributed by atoms with Crippen LogP contribution in [0.2, 0.25) is 0 Å². The molecule has 3 aromatic rings. The number of carbonyl (C=O) groups is 2. The van der Waals surface area contributed by atoms with Gasteiger partial charge in [-0.15, -0.1) is 0 Å². The molecule has 0 aliphatic carbocycles. The van der Waals surface area contributed by atoms with E-state index in [1.165, 1.54) is 7.11 Å². The van der Waals surface area contributed by atoms with Gasteiger partial charge in [0.15, 0.2) is 11.5 Å². The van der Waals surface area contributed by atoms with Crippen molar-refractivity contribution in [2.75, 3.05) is 7.11 Å². The number of para-hydroxylation sites is 1. The summed E-state index contributed by atoms with van der Waals surface area (Å²) in [5.41, 5.74) is -0.120. The number of ether oxygens (including phenoxy) is 1. The SMILES string of the molecule is COc1ccccc1[C@H](CC(=O)O)NC(=O)c1cc(O)n(-c2ccc(F)cc2F)n1. The number of amides is 1. The fraction of sp³-hybridized carbons (Fsp3) is 0.150. The van der Waals surface area contributed by atoms with Crippen molar-refractivity contribution in [1.29, 1.82) is 0 Å². The van der Waals surface area contributed by atoms with Gasteiger partial charge in [-0.05, 0) is 18.2 Å². The second kappa shape index (κ2) is 8.60. The van der Waals surface area contributed by atoms with E-state index in [9.17, 15) is 28.6 Å². The summed E-state index contributed by atoms with van der Waals surface area (Å²) in [6, 6.07) is 9.26. The minimum Gasteiger partial charge on any atom is -0.496 e. The molecule has 3 N–H and O–H groups in total. The largest absolute Gasteiger partial charge is 0.496 e. The molecule has 0 aliphatic heterocycles. The maximum atomic E-state index is 14.0. The molecule has 30 heavy (non-hydrogen) atoms. The topological polar surface area (TPSA) is 114 Å². The van der Waals surface area contributed by atoms with Gasteiger partial charge >= 0.3 is 5.97 Å². The van der Waals surface area contributed by atoms with Crippen LogP contribution in [0.15, 0.2) is 48.5 Å². The van der Waals surface area contributed by atoms with Gasteiger partial charge in [0.25, 0.3) is 5.91 Å². The van der Waals surface area contributed by atoms with Crippen LogP contribution >= 0.6 is 0 Å². The Hall–Kier alpha value is -3.95. The molecule has 0 aliphatic rings. The smallest absolute Gasteiger partial charge is 0.305 e. The molecule has 0 radical (unpaired) electrons. The molecule has 0 spiro atoms. The highest BCUT2D eigenvalue weighted by Gasteiger charge is 2.24. The maximum Gasteiger partial charge on any atom is 0.305 e. The number of nitrogens with one attached hydrogen (secondary N) is 1. The standard InChI is InChI=1S/C20H17F2N3O5/c1-30-17-5-3-2-4-12(17)14(10-19(27)28)23-20(29)15-9-18(26)25(24-15)16-7-6-11(21)8-13(16)22/h2-9,14,26H,10H2,1H3,(H,23,29)(H,27,28)/t14-/m0/s1. The van der Waals surface area contributed by atoms with Crippen molar-refractivity contribution in [2.45, 2.75) is 12.5 Å². The van der Waals surface area contributed by atoms with E-state index in [0.717, 1.165) is 22.9 Å². The Labute approximate surface area is 169 Å². The van der Waals surface area contributed by atoms with E-state index in [1.54, 1.807) is 24.3 Å². The number of aliphatic carboxylic acids is 1. The van der Waals surface area contributed by atoms with Gasteiger partial charge in [-0.3, -0.25) is 9.59 Å². The fourth-order valence-electron chi connectivity index (χ4n) is 2.91. The number of halogens is 2. The van der Waals surface area contributed by atoms with E-state index in [4.69, 9.17) is 4.74 Å². The Morgan fingerprint density at radius 1 is 1.20 bits per heavy atom. The highest BCUT2D eigenvalue weighted by Crippen LogP contribution is 2.28. The monoisotopic (exact) mass is 417 g/mol. The van der Waals surface area contributed by atoms with Crippen LogP contribution in [0.4, 0.5) is 8.78 Å². The number of rotatable bonds is 7. The van der Waals surface area contributed by atoms with Crippen LogP contribution in [0.3, 0.4) is 0 Å². The van der Waals surface area contributed by atoms with E-state index < -0.39 is 41.9 Å². The number of carboxylic acids is 1. The quantitative estimate of drug-likeness (QED) is 0.545. The van der Waals surface area contributed by atoms with Crippen LogP contribution in [-0.2, 0) is 4.79 Å². The summed E-state index contributed by atoms with van der Waals surface area (Å²) >= 11 is 0. The Bertz CT molecular complexity index is 1100. The van der Waals surface area contributed by atoms with Gasteiger partial charge in [0.1, 0.15) is 17.3 Å². The second-order valence-electron chi connectivity index (χ2n) is 6.26. The first-order valence-electron chi connectivity index (χ1n) is 8.70. The van der Waals surface area contributed by atoms with Crippen molar-refractivity contribution in [3.05, 3.63) is 71.4 Å². The van der Waals surface area contributed by atoms with Gasteiger partial charge in [-0.2, -0.15) is 9.78 Å². The first kappa shape index (κ1) is 20.8. The molecule has 1 atom stereocenters. The highest BCUT2D eigenvalue weighted by molar-refractivity contribution is 5.93. The van der Waals surface area contributed by atoms with E-state index in [2.05, 4.69) is 10.4 Å². The maximum absolute atomic E-state index is 14.0. The third-order valence-corrected chi connectivity index (χ3v) is 4.26. The predicted molar refractivity (Wildman–Crippen MR) is 101 cm³/mol. The number of carboxylic acid groups (broad SMARTS) is 1. The van der Waals surface area contributed by atoms with E-state index in [1.807, 2.05) is 0 Å². The van der Waals surface area contributed by atoms with Crippen LogP contribution < -0.4 is 10.1 Å². The molecule has 0 bridgehead atoms. The van der Waals surface area contributed by atoms with Crippen molar-refractivity contribution >= 4 is 11.9 Å². The molecule has 156 valence electrons. The zero-order valence-electron chi connectivity index (χ0n) is 15.7. The zero-order chi connectivity index (χ0) is 21.8. The summed E-state index contributed by atoms with van der Waals surface area (Å²) in [5, 5.41) is 25.7. The Balaban J connectivity index is 1.90. The first-order valence-corrected chi connectivity index (χ1v) is 8.70. The number of aromatic nitrogens is 2. The molecule has 1 heterocycles. The average molecular weight is 417 g/mol. The Morgan fingerprint density at radius 2 is 1.93 bits per heavy atom. The molecule has 0 fully saturated rings. The number of aromatic hydroxyl groups is 1. The zero-order valence-corrected chi connectivity index (χ0v) is 15.7. The molecular formula is C20H17F2N3O5. The summed E-state index contributed by atoms with van der Waals surface area (Å²) in [5.74, 6) is -3.94. The van der Waals surface area contributed by atoms with Crippen LogP contribution in [0, 0.1) is 11.6 Å². The third kappa shape index (κ3) is 4.37. The first-order chi connectivity index (χ1) is 14.3. The molecule has 1 amide bonds. The Kier molecular flexibility index (Phi) is 5.95. The van der Waals surface area contributed by atoms with Crippen molar-refractivity contribution < 1.29 is 33.3 Å². The lowest BCUT2D eigenvalue weighted by Gasteiger charge is -2.19. The lowest BCUT2D eigenvalue weighted by Crippen LogP contribution is -2.31. The van der Waals surface area contributed by atoms with Crippen molar-refractivity contribution in [3.8, 4) is 17.3 Å².